The lowest BCUT2D eigenvalue weighted by molar-refractivity contribution is -0.188. The smallest absolute Gasteiger partial charge is 0.416 e. The first-order valence-electron chi connectivity index (χ1n) is 12.6. The molecule has 2 aromatic rings. The maximum atomic E-state index is 13.4. The molecule has 2 aliphatic heterocycles. The molecule has 2 aromatic heterocycles. The minimum Gasteiger partial charge on any atom is -0.443 e. The lowest BCUT2D eigenvalue weighted by atomic mass is 10.0. The molecule has 192 valence electrons. The summed E-state index contributed by atoms with van der Waals surface area (Å²) in [6, 6.07) is 3.84. The first-order chi connectivity index (χ1) is 16.5. The van der Waals surface area contributed by atoms with E-state index in [4.69, 9.17) is 30.5 Å². The molecule has 3 fully saturated rings. The van der Waals surface area contributed by atoms with E-state index in [1.165, 1.54) is 0 Å². The van der Waals surface area contributed by atoms with Crippen molar-refractivity contribution in [1.82, 2.24) is 14.6 Å². The monoisotopic (exact) mass is 506 g/mol. The molecule has 1 amide bonds. The average Bonchev–Trinajstić information content (AvgIpc) is 3.50. The van der Waals surface area contributed by atoms with Crippen LogP contribution in [0.1, 0.15) is 85.4 Å². The number of amides is 1. The fourth-order valence-electron chi connectivity index (χ4n) is 5.50. The third-order valence-corrected chi connectivity index (χ3v) is 7.01. The van der Waals surface area contributed by atoms with Crippen LogP contribution in [0.15, 0.2) is 12.1 Å². The van der Waals surface area contributed by atoms with Gasteiger partial charge in [-0.15, -0.1) is 5.10 Å². The first-order valence-corrected chi connectivity index (χ1v) is 12.9. The van der Waals surface area contributed by atoms with E-state index in [9.17, 15) is 4.79 Å². The molecular formula is C25H35ClN4O5. The highest BCUT2D eigenvalue weighted by molar-refractivity contribution is 6.28. The third-order valence-electron chi connectivity index (χ3n) is 6.85. The van der Waals surface area contributed by atoms with E-state index in [0.717, 1.165) is 37.8 Å². The van der Waals surface area contributed by atoms with Gasteiger partial charge in [0.15, 0.2) is 11.6 Å². The van der Waals surface area contributed by atoms with Gasteiger partial charge in [-0.2, -0.15) is 4.98 Å². The molecule has 0 N–H and O–H groups in total. The lowest BCUT2D eigenvalue weighted by Gasteiger charge is -2.31. The Morgan fingerprint density at radius 1 is 1.23 bits per heavy atom. The van der Waals surface area contributed by atoms with Crippen LogP contribution in [0.5, 0.6) is 0 Å². The van der Waals surface area contributed by atoms with Gasteiger partial charge in [0.2, 0.25) is 5.28 Å². The van der Waals surface area contributed by atoms with Gasteiger partial charge in [-0.05, 0) is 77.6 Å². The number of rotatable bonds is 4. The van der Waals surface area contributed by atoms with E-state index in [0.29, 0.717) is 11.3 Å². The highest BCUT2D eigenvalue weighted by Gasteiger charge is 2.55. The number of hydrogen-bond acceptors (Lipinski definition) is 7. The zero-order valence-corrected chi connectivity index (χ0v) is 22.0. The molecule has 0 bridgehead atoms. The molecule has 9 nitrogen and oxygen atoms in total. The molecule has 10 heteroatoms. The predicted octanol–water partition coefficient (Wildman–Crippen LogP) is 5.44. The quantitative estimate of drug-likeness (QED) is 0.545. The lowest BCUT2D eigenvalue weighted by Crippen LogP contribution is -2.43. The topological polar surface area (TPSA) is 87.4 Å². The van der Waals surface area contributed by atoms with Crippen molar-refractivity contribution in [2.45, 2.75) is 115 Å². The summed E-state index contributed by atoms with van der Waals surface area (Å²) in [5.41, 5.74) is 0.816. The number of aromatic nitrogens is 3. The fourth-order valence-corrected chi connectivity index (χ4v) is 5.65. The third kappa shape index (κ3) is 4.63. The molecule has 3 aliphatic rings. The highest BCUT2D eigenvalue weighted by Crippen LogP contribution is 2.46. The zero-order chi connectivity index (χ0) is 25.1. The largest absolute Gasteiger partial charge is 0.443 e. The van der Waals surface area contributed by atoms with Crippen molar-refractivity contribution >= 4 is 29.0 Å². The normalized spacial score (nSPS) is 28.5. The summed E-state index contributed by atoms with van der Waals surface area (Å²) in [6.07, 6.45) is 3.31. The van der Waals surface area contributed by atoms with Crippen LogP contribution < -0.4 is 4.90 Å². The van der Waals surface area contributed by atoms with Crippen molar-refractivity contribution in [3.63, 3.8) is 0 Å². The van der Waals surface area contributed by atoms with Crippen molar-refractivity contribution in [2.75, 3.05) is 4.90 Å². The van der Waals surface area contributed by atoms with Gasteiger partial charge >= 0.3 is 6.09 Å². The van der Waals surface area contributed by atoms with E-state index in [2.05, 4.69) is 17.0 Å². The summed E-state index contributed by atoms with van der Waals surface area (Å²) in [6.45, 7) is 11.5. The summed E-state index contributed by atoms with van der Waals surface area (Å²) in [5.74, 6) is -0.242. The molecule has 2 saturated heterocycles. The molecule has 1 saturated carbocycles. The molecule has 5 rings (SSSR count). The fraction of sp³-hybridized carbons (Fsp3) is 0.720. The number of carbonyl (C=O) groups excluding carboxylic acids is 1. The Labute approximate surface area is 211 Å². The maximum absolute atomic E-state index is 13.4. The van der Waals surface area contributed by atoms with Gasteiger partial charge < -0.3 is 18.9 Å². The van der Waals surface area contributed by atoms with Gasteiger partial charge in [0.1, 0.15) is 29.4 Å². The molecule has 1 unspecified atom stereocenters. The Hall–Kier alpha value is -1.94. The maximum Gasteiger partial charge on any atom is 0.416 e. The molecule has 4 heterocycles. The van der Waals surface area contributed by atoms with Gasteiger partial charge in [0.25, 0.3) is 0 Å². The molecular weight excluding hydrogens is 472 g/mol. The second kappa shape index (κ2) is 8.87. The van der Waals surface area contributed by atoms with Gasteiger partial charge in [0, 0.05) is 6.04 Å². The van der Waals surface area contributed by atoms with E-state index in [1.807, 2.05) is 46.8 Å². The van der Waals surface area contributed by atoms with E-state index >= 15 is 0 Å². The second-order valence-electron chi connectivity index (χ2n) is 11.1. The Morgan fingerprint density at radius 3 is 2.57 bits per heavy atom. The van der Waals surface area contributed by atoms with Crippen molar-refractivity contribution in [1.29, 1.82) is 0 Å². The summed E-state index contributed by atoms with van der Waals surface area (Å²) >= 11 is 6.44. The summed E-state index contributed by atoms with van der Waals surface area (Å²) in [7, 11) is 0. The molecule has 4 atom stereocenters. The number of nitrogens with zero attached hydrogens (tertiary/aromatic N) is 4. The van der Waals surface area contributed by atoms with Crippen LogP contribution in [0, 0.1) is 0 Å². The van der Waals surface area contributed by atoms with E-state index in [-0.39, 0.29) is 29.6 Å². The molecule has 35 heavy (non-hydrogen) atoms. The number of hydrogen-bond donors (Lipinski definition) is 0. The second-order valence-corrected chi connectivity index (χ2v) is 11.5. The van der Waals surface area contributed by atoms with Crippen molar-refractivity contribution in [3.8, 4) is 0 Å². The number of ether oxygens (including phenoxy) is 4. The van der Waals surface area contributed by atoms with Crippen molar-refractivity contribution < 1.29 is 23.7 Å². The van der Waals surface area contributed by atoms with Crippen molar-refractivity contribution in [2.24, 2.45) is 0 Å². The summed E-state index contributed by atoms with van der Waals surface area (Å²) in [5, 5.41) is 4.54. The van der Waals surface area contributed by atoms with Crippen LogP contribution in [0.25, 0.3) is 5.52 Å². The van der Waals surface area contributed by atoms with Crippen LogP contribution in [-0.4, -0.2) is 56.4 Å². The Bertz CT molecular complexity index is 1110. The first kappa shape index (κ1) is 24.7. The minimum absolute atomic E-state index is 0.0121. The van der Waals surface area contributed by atoms with E-state index in [1.54, 1.807) is 9.42 Å². The van der Waals surface area contributed by atoms with Crippen LogP contribution in [-0.2, 0) is 18.9 Å². The van der Waals surface area contributed by atoms with Gasteiger partial charge in [-0.1, -0.05) is 19.8 Å². The zero-order valence-electron chi connectivity index (χ0n) is 21.3. The number of fused-ring (bicyclic) bond motifs is 2. The average molecular weight is 507 g/mol. The standard InChI is InChI=1S/C25H35ClN4O5/c1-7-17-19-20(34-25(5,6)33-19)18(32-17)15-12-13-16-21(27-22(26)28-30(15)16)29(14-10-8-9-11-14)23(31)35-24(2,3)4/h12-14,17-20H,7-11H2,1-6H3/t17-,18?,19-,20+/m1/s1. The molecule has 0 aromatic carbocycles. The van der Waals surface area contributed by atoms with Crippen molar-refractivity contribution in [3.05, 3.63) is 23.1 Å². The highest BCUT2D eigenvalue weighted by atomic mass is 35.5. The summed E-state index contributed by atoms with van der Waals surface area (Å²) < 4.78 is 26.3. The summed E-state index contributed by atoms with van der Waals surface area (Å²) in [4.78, 5) is 19.6. The Kier molecular flexibility index (Phi) is 6.27. The van der Waals surface area contributed by atoms with Gasteiger partial charge in [-0.3, -0.25) is 4.90 Å². The van der Waals surface area contributed by atoms with Crippen LogP contribution in [0.2, 0.25) is 5.28 Å². The van der Waals surface area contributed by atoms with Gasteiger partial charge in [-0.25, -0.2) is 9.31 Å². The van der Waals surface area contributed by atoms with E-state index < -0.39 is 23.6 Å². The SMILES string of the molecule is CC[C@H]1OC(c2ccc3c(N(C(=O)OC(C)(C)C)C4CCCC4)nc(Cl)nn23)[C@@H]2OC(C)(C)O[C@H]12. The van der Waals surface area contributed by atoms with Crippen LogP contribution >= 0.6 is 11.6 Å². The Morgan fingerprint density at radius 2 is 1.91 bits per heavy atom. The molecule has 0 radical (unpaired) electrons. The molecule has 1 aliphatic carbocycles. The Balaban J connectivity index is 1.57. The number of halogens is 1. The minimum atomic E-state index is -0.689. The van der Waals surface area contributed by atoms with Crippen LogP contribution in [0.4, 0.5) is 10.6 Å². The van der Waals surface area contributed by atoms with Gasteiger partial charge in [0.05, 0.1) is 11.8 Å². The molecule has 0 spiro atoms. The predicted molar refractivity (Wildman–Crippen MR) is 131 cm³/mol. The van der Waals surface area contributed by atoms with Crippen LogP contribution in [0.3, 0.4) is 0 Å². The number of anilines is 1. The number of carbonyl (C=O) groups is 1.